The predicted octanol–water partition coefficient (Wildman–Crippen LogP) is 3.44. The molecule has 0 bridgehead atoms. The third-order valence-corrected chi connectivity index (χ3v) is 6.93. The molecule has 0 atom stereocenters. The van der Waals surface area contributed by atoms with E-state index in [4.69, 9.17) is 18.4 Å². The molecule has 11 heteroatoms. The number of aromatic hydroxyl groups is 1. The normalized spacial score (nSPS) is 12.5. The zero-order chi connectivity index (χ0) is 27.1. The van der Waals surface area contributed by atoms with Gasteiger partial charge in [-0.15, -0.1) is 0 Å². The van der Waals surface area contributed by atoms with E-state index in [1.54, 1.807) is 19.1 Å². The summed E-state index contributed by atoms with van der Waals surface area (Å²) >= 11 is 0. The number of ketones is 3. The summed E-state index contributed by atoms with van der Waals surface area (Å²) in [5.74, 6) is -3.68. The van der Waals surface area contributed by atoms with Gasteiger partial charge in [-0.1, -0.05) is 17.7 Å². The largest absolute Gasteiger partial charge is 0.507 e. The van der Waals surface area contributed by atoms with Crippen LogP contribution in [-0.4, -0.2) is 51.9 Å². The number of carbonyl (C=O) groups is 3. The monoisotopic (exact) mass is 526 g/mol. The van der Waals surface area contributed by atoms with Crippen molar-refractivity contribution in [3.8, 4) is 23.0 Å². The third kappa shape index (κ3) is 4.54. The molecule has 0 amide bonds. The van der Waals surface area contributed by atoms with Crippen molar-refractivity contribution in [1.29, 1.82) is 0 Å². The Morgan fingerprint density at radius 2 is 1.59 bits per heavy atom. The molecule has 0 fully saturated rings. The van der Waals surface area contributed by atoms with Gasteiger partial charge >= 0.3 is 10.1 Å². The van der Waals surface area contributed by atoms with Gasteiger partial charge in [0, 0.05) is 24.3 Å². The molecule has 0 aromatic heterocycles. The first-order chi connectivity index (χ1) is 17.5. The number of aryl methyl sites for hydroxylation is 1. The van der Waals surface area contributed by atoms with Gasteiger partial charge in [-0.05, 0) is 38.1 Å². The van der Waals surface area contributed by atoms with E-state index in [1.807, 2.05) is 0 Å². The number of carbonyl (C=O) groups excluding carboxylic acids is 3. The highest BCUT2D eigenvalue weighted by Gasteiger charge is 2.40. The second-order valence-electron chi connectivity index (χ2n) is 8.19. The van der Waals surface area contributed by atoms with Crippen molar-refractivity contribution >= 4 is 27.5 Å². The number of methoxy groups -OCH3 is 2. The Morgan fingerprint density at radius 1 is 0.946 bits per heavy atom. The van der Waals surface area contributed by atoms with Gasteiger partial charge in [0.05, 0.1) is 18.2 Å². The van der Waals surface area contributed by atoms with E-state index in [1.165, 1.54) is 38.5 Å². The van der Waals surface area contributed by atoms with Crippen LogP contribution in [0.15, 0.2) is 47.4 Å². The maximum atomic E-state index is 13.7. The lowest BCUT2D eigenvalue weighted by Gasteiger charge is -2.24. The standard InChI is InChI=1S/C26H22O10S/c1-13-5-7-16(8-6-13)37(31,32)36-26-21(14(2)27)20(34-4)11-18-23(26)25(30)22-17(24(18)29)9-15(10-19(22)28)35-12-33-3/h5-11,28H,12H2,1-4H3. The minimum Gasteiger partial charge on any atom is -0.507 e. The summed E-state index contributed by atoms with van der Waals surface area (Å²) in [4.78, 5) is 39.5. The van der Waals surface area contributed by atoms with Crippen LogP contribution in [0.2, 0.25) is 0 Å². The Morgan fingerprint density at radius 3 is 2.19 bits per heavy atom. The minimum absolute atomic E-state index is 0.0634. The van der Waals surface area contributed by atoms with E-state index < -0.39 is 44.5 Å². The number of hydrogen-bond acceptors (Lipinski definition) is 10. The molecule has 0 radical (unpaired) electrons. The van der Waals surface area contributed by atoms with Gasteiger partial charge < -0.3 is 23.5 Å². The first-order valence-corrected chi connectivity index (χ1v) is 12.3. The molecule has 1 N–H and O–H groups in total. The third-order valence-electron chi connectivity index (χ3n) is 5.70. The van der Waals surface area contributed by atoms with Crippen molar-refractivity contribution in [2.45, 2.75) is 18.7 Å². The highest BCUT2D eigenvalue weighted by molar-refractivity contribution is 7.87. The van der Waals surface area contributed by atoms with Crippen molar-refractivity contribution in [1.82, 2.24) is 0 Å². The second kappa shape index (κ2) is 9.68. The van der Waals surface area contributed by atoms with E-state index in [0.717, 1.165) is 18.6 Å². The maximum absolute atomic E-state index is 13.7. The Kier molecular flexibility index (Phi) is 6.76. The van der Waals surface area contributed by atoms with Crippen LogP contribution in [0.3, 0.4) is 0 Å². The van der Waals surface area contributed by atoms with Gasteiger partial charge in [-0.3, -0.25) is 14.4 Å². The van der Waals surface area contributed by atoms with Crippen molar-refractivity contribution < 1.29 is 46.3 Å². The van der Waals surface area contributed by atoms with Gasteiger partial charge in [-0.2, -0.15) is 8.42 Å². The van der Waals surface area contributed by atoms with Crippen molar-refractivity contribution in [2.75, 3.05) is 21.0 Å². The molecule has 0 unspecified atom stereocenters. The average molecular weight is 527 g/mol. The average Bonchev–Trinajstić information content (AvgIpc) is 2.84. The van der Waals surface area contributed by atoms with Gasteiger partial charge in [0.25, 0.3) is 0 Å². The lowest BCUT2D eigenvalue weighted by atomic mass is 9.81. The summed E-state index contributed by atoms with van der Waals surface area (Å²) in [5, 5.41) is 10.6. The number of fused-ring (bicyclic) bond motifs is 2. The summed E-state index contributed by atoms with van der Waals surface area (Å²) in [5.41, 5.74) is -0.880. The summed E-state index contributed by atoms with van der Waals surface area (Å²) in [6.07, 6.45) is 0. The topological polar surface area (TPSA) is 142 Å². The molecule has 0 saturated carbocycles. The van der Waals surface area contributed by atoms with Gasteiger partial charge in [0.2, 0.25) is 5.78 Å². The van der Waals surface area contributed by atoms with Crippen LogP contribution in [0.5, 0.6) is 23.0 Å². The van der Waals surface area contributed by atoms with Gasteiger partial charge in [-0.25, -0.2) is 0 Å². The molecular formula is C26H22O10S. The van der Waals surface area contributed by atoms with E-state index in [2.05, 4.69) is 0 Å². The molecule has 3 aromatic carbocycles. The van der Waals surface area contributed by atoms with Gasteiger partial charge in [0.1, 0.15) is 27.7 Å². The zero-order valence-corrected chi connectivity index (χ0v) is 21.1. The number of phenols is 1. The first kappa shape index (κ1) is 25.9. The molecule has 192 valence electrons. The summed E-state index contributed by atoms with van der Waals surface area (Å²) in [7, 11) is -1.95. The fourth-order valence-electron chi connectivity index (χ4n) is 3.98. The van der Waals surface area contributed by atoms with Crippen LogP contribution in [-0.2, 0) is 14.9 Å². The van der Waals surface area contributed by atoms with Crippen LogP contribution in [0.25, 0.3) is 0 Å². The molecule has 1 aliphatic rings. The minimum atomic E-state index is -4.56. The maximum Gasteiger partial charge on any atom is 0.339 e. The SMILES string of the molecule is COCOc1cc(O)c2c(c1)C(=O)c1cc(OC)c(C(C)=O)c(OS(=O)(=O)c3ccc(C)cc3)c1C2=O. The molecule has 10 nitrogen and oxygen atoms in total. The summed E-state index contributed by atoms with van der Waals surface area (Å²) in [6, 6.07) is 9.25. The van der Waals surface area contributed by atoms with E-state index in [9.17, 15) is 27.9 Å². The van der Waals surface area contributed by atoms with E-state index >= 15 is 0 Å². The number of hydrogen-bond donors (Lipinski definition) is 1. The Bertz CT molecular complexity index is 1550. The summed E-state index contributed by atoms with van der Waals surface area (Å²) in [6.45, 7) is 2.72. The van der Waals surface area contributed by atoms with Crippen LogP contribution < -0.4 is 13.7 Å². The molecule has 4 rings (SSSR count). The molecule has 0 heterocycles. The molecule has 0 aliphatic heterocycles. The van der Waals surface area contributed by atoms with E-state index in [0.29, 0.717) is 0 Å². The van der Waals surface area contributed by atoms with Crippen LogP contribution in [0, 0.1) is 6.92 Å². The van der Waals surface area contributed by atoms with E-state index in [-0.39, 0.29) is 45.4 Å². The fourth-order valence-corrected chi connectivity index (χ4v) is 4.93. The lowest BCUT2D eigenvalue weighted by Crippen LogP contribution is -2.25. The van der Waals surface area contributed by atoms with Crippen molar-refractivity contribution in [3.05, 3.63) is 75.8 Å². The molecular weight excluding hydrogens is 504 g/mol. The number of ether oxygens (including phenoxy) is 3. The Labute approximate surface area is 212 Å². The summed E-state index contributed by atoms with van der Waals surface area (Å²) < 4.78 is 47.1. The van der Waals surface area contributed by atoms with Gasteiger partial charge in [0.15, 0.2) is 24.1 Å². The highest BCUT2D eigenvalue weighted by atomic mass is 32.2. The first-order valence-electron chi connectivity index (χ1n) is 10.8. The fraction of sp³-hybridized carbons (Fsp3) is 0.192. The smallest absolute Gasteiger partial charge is 0.339 e. The Balaban J connectivity index is 1.98. The molecule has 0 saturated heterocycles. The van der Waals surface area contributed by atoms with Crippen LogP contribution in [0.4, 0.5) is 0 Å². The Hall–Kier alpha value is -4.22. The highest BCUT2D eigenvalue weighted by Crippen LogP contribution is 2.44. The number of benzene rings is 3. The second-order valence-corrected chi connectivity index (χ2v) is 9.73. The zero-order valence-electron chi connectivity index (χ0n) is 20.3. The number of rotatable bonds is 8. The molecule has 3 aromatic rings. The quantitative estimate of drug-likeness (QED) is 0.206. The van der Waals surface area contributed by atoms with Crippen LogP contribution >= 0.6 is 0 Å². The van der Waals surface area contributed by atoms with Crippen LogP contribution in [0.1, 0.15) is 54.7 Å². The predicted molar refractivity (Wildman–Crippen MR) is 129 cm³/mol. The molecule has 0 spiro atoms. The molecule has 1 aliphatic carbocycles. The number of Topliss-reactive ketones (excluding diaryl/α,β-unsaturated/α-hetero) is 1. The number of phenolic OH excluding ortho intramolecular Hbond substituents is 1. The lowest BCUT2D eigenvalue weighted by molar-refractivity contribution is 0.0509. The van der Waals surface area contributed by atoms with Crippen molar-refractivity contribution in [3.63, 3.8) is 0 Å². The van der Waals surface area contributed by atoms with Crippen molar-refractivity contribution in [2.24, 2.45) is 0 Å². The molecule has 37 heavy (non-hydrogen) atoms.